The fourth-order valence-corrected chi connectivity index (χ4v) is 0.461. The van der Waals surface area contributed by atoms with Crippen LogP contribution < -0.4 is 0 Å². The number of hydrogen-bond acceptors (Lipinski definition) is 1. The van der Waals surface area contributed by atoms with Gasteiger partial charge in [0.1, 0.15) is 0 Å². The van der Waals surface area contributed by atoms with Gasteiger partial charge in [0, 0.05) is 18.8 Å². The first-order valence-corrected chi connectivity index (χ1v) is 2.82. The van der Waals surface area contributed by atoms with Crippen LogP contribution in [0.3, 0.4) is 0 Å². The Hall–Kier alpha value is -1.05. The van der Waals surface area contributed by atoms with Crippen LogP contribution in [0.4, 0.5) is 0 Å². The van der Waals surface area contributed by atoms with Crippen LogP contribution in [-0.4, -0.2) is 10.8 Å². The highest BCUT2D eigenvalue weighted by Crippen LogP contribution is 1.92. The third-order valence-corrected chi connectivity index (χ3v) is 0.984. The Bertz CT molecular complexity index is 121. The molecule has 0 unspecified atom stereocenters. The molecule has 0 aliphatic carbocycles. The predicted molar refractivity (Wildman–Crippen MR) is 37.5 cm³/mol. The summed E-state index contributed by atoms with van der Waals surface area (Å²) in [5.74, 6) is 0.0139. The first-order chi connectivity index (χ1) is 4.26. The van der Waals surface area contributed by atoms with Crippen molar-refractivity contribution in [2.45, 2.75) is 13.3 Å². The van der Waals surface area contributed by atoms with Crippen LogP contribution in [0.2, 0.25) is 0 Å². The van der Waals surface area contributed by atoms with E-state index in [0.29, 0.717) is 6.42 Å². The highest BCUT2D eigenvalue weighted by Gasteiger charge is 2.00. The first-order valence-electron chi connectivity index (χ1n) is 2.82. The van der Waals surface area contributed by atoms with Crippen molar-refractivity contribution in [2.75, 3.05) is 0 Å². The molecule has 2 heteroatoms. The minimum absolute atomic E-state index is 0.0139. The number of carbonyl (C=O) groups excluding carboxylic acids is 1. The zero-order valence-corrected chi connectivity index (χ0v) is 5.63. The number of rotatable bonds is 3. The van der Waals surface area contributed by atoms with Crippen LogP contribution in [-0.2, 0) is 4.79 Å². The first kappa shape index (κ1) is 7.95. The van der Waals surface area contributed by atoms with Gasteiger partial charge in [0.05, 0.1) is 0 Å². The molecule has 0 aromatic carbocycles. The third-order valence-electron chi connectivity index (χ3n) is 0.984. The van der Waals surface area contributed by atoms with Crippen molar-refractivity contribution in [3.8, 4) is 0 Å². The molecule has 0 aliphatic rings. The van der Waals surface area contributed by atoms with Gasteiger partial charge in [-0.2, -0.15) is 0 Å². The van der Waals surface area contributed by atoms with Crippen LogP contribution in [0.15, 0.2) is 25.6 Å². The Morgan fingerprint density at radius 2 is 2.00 bits per heavy atom. The maximum Gasteiger partial charge on any atom is 0.230 e. The summed E-state index contributed by atoms with van der Waals surface area (Å²) < 4.78 is 0. The maximum atomic E-state index is 10.8. The molecule has 2 nitrogen and oxygen atoms in total. The molecular formula is C7H11NO. The second-order valence-corrected chi connectivity index (χ2v) is 1.52. The van der Waals surface area contributed by atoms with Gasteiger partial charge >= 0.3 is 0 Å². The monoisotopic (exact) mass is 125 g/mol. The maximum absolute atomic E-state index is 10.8. The van der Waals surface area contributed by atoms with Gasteiger partial charge in [0.25, 0.3) is 0 Å². The Balaban J connectivity index is 3.93. The van der Waals surface area contributed by atoms with Crippen molar-refractivity contribution in [3.63, 3.8) is 0 Å². The van der Waals surface area contributed by atoms with Crippen molar-refractivity contribution in [1.29, 1.82) is 0 Å². The second kappa shape index (κ2) is 3.89. The molecule has 0 rings (SSSR count). The lowest BCUT2D eigenvalue weighted by Crippen LogP contribution is -2.17. The van der Waals surface area contributed by atoms with Crippen LogP contribution in [0, 0.1) is 0 Å². The van der Waals surface area contributed by atoms with Crippen LogP contribution in [0.5, 0.6) is 0 Å². The van der Waals surface area contributed by atoms with E-state index in [1.54, 1.807) is 6.92 Å². The minimum atomic E-state index is 0.0139. The lowest BCUT2D eigenvalue weighted by Gasteiger charge is -2.08. The molecule has 9 heavy (non-hydrogen) atoms. The standard InChI is InChI=1S/C7H11NO/c1-4-7(9)8(5-2)6-3/h5-6H,2-4H2,1H3. The Kier molecular flexibility index (Phi) is 3.44. The molecule has 0 aliphatic heterocycles. The second-order valence-electron chi connectivity index (χ2n) is 1.52. The van der Waals surface area contributed by atoms with Gasteiger partial charge in [-0.1, -0.05) is 20.1 Å². The van der Waals surface area contributed by atoms with Crippen LogP contribution >= 0.6 is 0 Å². The Morgan fingerprint density at radius 1 is 1.56 bits per heavy atom. The Morgan fingerprint density at radius 3 is 2.11 bits per heavy atom. The lowest BCUT2D eigenvalue weighted by atomic mass is 10.4. The van der Waals surface area contributed by atoms with Crippen molar-refractivity contribution in [1.82, 2.24) is 4.90 Å². The summed E-state index contributed by atoms with van der Waals surface area (Å²) in [7, 11) is 0. The molecular weight excluding hydrogens is 114 g/mol. The van der Waals surface area contributed by atoms with Crippen molar-refractivity contribution >= 4 is 5.91 Å². The molecule has 0 bridgehead atoms. The summed E-state index contributed by atoms with van der Waals surface area (Å²) in [6.45, 7) is 8.66. The molecule has 1 amide bonds. The largest absolute Gasteiger partial charge is 0.296 e. The van der Waals surface area contributed by atoms with Crippen LogP contribution in [0.1, 0.15) is 13.3 Å². The molecule has 0 fully saturated rings. The van der Waals surface area contributed by atoms with Gasteiger partial charge in [0.15, 0.2) is 0 Å². The summed E-state index contributed by atoms with van der Waals surface area (Å²) in [5.41, 5.74) is 0. The van der Waals surface area contributed by atoms with Gasteiger partial charge in [-0.05, 0) is 0 Å². The molecule has 0 radical (unpaired) electrons. The summed E-state index contributed by atoms with van der Waals surface area (Å²) in [6, 6.07) is 0. The van der Waals surface area contributed by atoms with E-state index in [2.05, 4.69) is 13.2 Å². The van der Waals surface area contributed by atoms with Gasteiger partial charge < -0.3 is 0 Å². The topological polar surface area (TPSA) is 20.3 Å². The molecule has 0 aromatic rings. The van der Waals surface area contributed by atoms with Crippen LogP contribution in [0.25, 0.3) is 0 Å². The van der Waals surface area contributed by atoms with E-state index >= 15 is 0 Å². The molecule has 0 saturated heterocycles. The lowest BCUT2D eigenvalue weighted by molar-refractivity contribution is -0.126. The molecule has 0 spiro atoms. The third kappa shape index (κ3) is 2.13. The highest BCUT2D eigenvalue weighted by molar-refractivity contribution is 5.77. The van der Waals surface area contributed by atoms with Gasteiger partial charge in [-0.25, -0.2) is 0 Å². The SMILES string of the molecule is C=CN(C=C)C(=O)CC. The summed E-state index contributed by atoms with van der Waals surface area (Å²) >= 11 is 0. The fourth-order valence-electron chi connectivity index (χ4n) is 0.461. The van der Waals surface area contributed by atoms with Gasteiger partial charge in [0.2, 0.25) is 5.91 Å². The number of amides is 1. The highest BCUT2D eigenvalue weighted by atomic mass is 16.2. The summed E-state index contributed by atoms with van der Waals surface area (Å²) in [4.78, 5) is 12.1. The van der Waals surface area contributed by atoms with E-state index in [1.165, 1.54) is 17.3 Å². The smallest absolute Gasteiger partial charge is 0.230 e. The molecule has 50 valence electrons. The molecule has 0 heterocycles. The normalized spacial score (nSPS) is 8.11. The van der Waals surface area contributed by atoms with Gasteiger partial charge in [-0.3, -0.25) is 9.69 Å². The Labute approximate surface area is 55.5 Å². The molecule has 0 N–H and O–H groups in total. The van der Waals surface area contributed by atoms with E-state index < -0.39 is 0 Å². The summed E-state index contributed by atoms with van der Waals surface area (Å²) in [5, 5.41) is 0. The molecule has 0 saturated carbocycles. The predicted octanol–water partition coefficient (Wildman–Crippen LogP) is 1.51. The number of carbonyl (C=O) groups is 1. The van der Waals surface area contributed by atoms with E-state index in [-0.39, 0.29) is 5.91 Å². The average molecular weight is 125 g/mol. The van der Waals surface area contributed by atoms with E-state index in [0.717, 1.165) is 0 Å². The number of hydrogen-bond donors (Lipinski definition) is 0. The van der Waals surface area contributed by atoms with E-state index in [1.807, 2.05) is 0 Å². The average Bonchev–Trinajstić information content (AvgIpc) is 1.90. The fraction of sp³-hybridized carbons (Fsp3) is 0.286. The van der Waals surface area contributed by atoms with Crippen molar-refractivity contribution in [3.05, 3.63) is 25.6 Å². The van der Waals surface area contributed by atoms with E-state index in [4.69, 9.17) is 0 Å². The quantitative estimate of drug-likeness (QED) is 0.560. The van der Waals surface area contributed by atoms with Crippen molar-refractivity contribution in [2.24, 2.45) is 0 Å². The summed E-state index contributed by atoms with van der Waals surface area (Å²) in [6.07, 6.45) is 3.37. The zero-order chi connectivity index (χ0) is 7.28. The van der Waals surface area contributed by atoms with Crippen molar-refractivity contribution < 1.29 is 4.79 Å². The van der Waals surface area contributed by atoms with E-state index in [9.17, 15) is 4.79 Å². The van der Waals surface area contributed by atoms with Gasteiger partial charge in [-0.15, -0.1) is 0 Å². The molecule has 0 atom stereocenters. The molecule has 0 aromatic heterocycles. The zero-order valence-electron chi connectivity index (χ0n) is 5.63. The number of nitrogens with zero attached hydrogens (tertiary/aromatic N) is 1. The minimum Gasteiger partial charge on any atom is -0.296 e.